The average Bonchev–Trinajstić information content (AvgIpc) is 2.39. The molecular formula is C19H24O. The zero-order valence-electron chi connectivity index (χ0n) is 13.6. The molecule has 2 rings (SSSR count). The highest BCUT2D eigenvalue weighted by Gasteiger charge is 2.15. The molecule has 0 saturated heterocycles. The first-order valence-electron chi connectivity index (χ1n) is 7.13. The molecule has 1 N–H and O–H groups in total. The maximum atomic E-state index is 9.97. The number of hydrogen-bond donors (Lipinski definition) is 1. The van der Waals surface area contributed by atoms with Crippen LogP contribution in [-0.2, 0) is 0 Å². The summed E-state index contributed by atoms with van der Waals surface area (Å²) in [6.07, 6.45) is 0. The third-order valence-corrected chi connectivity index (χ3v) is 4.82. The molecule has 0 aliphatic rings. The van der Waals surface area contributed by atoms with Crippen molar-refractivity contribution in [1.82, 2.24) is 0 Å². The van der Waals surface area contributed by atoms with Crippen molar-refractivity contribution in [3.05, 3.63) is 51.1 Å². The summed E-state index contributed by atoms with van der Waals surface area (Å²) in [5.74, 6) is 0.391. The number of aromatic hydroxyl groups is 1. The molecule has 106 valence electrons. The Hall–Kier alpha value is -1.76. The van der Waals surface area contributed by atoms with E-state index in [0.717, 1.165) is 11.1 Å². The molecule has 0 fully saturated rings. The van der Waals surface area contributed by atoms with Crippen molar-refractivity contribution in [2.45, 2.75) is 48.5 Å². The number of hydrogen-bond acceptors (Lipinski definition) is 1. The molecule has 0 aliphatic heterocycles. The fourth-order valence-electron chi connectivity index (χ4n) is 2.95. The van der Waals surface area contributed by atoms with Crippen LogP contribution in [0.15, 0.2) is 12.1 Å². The molecule has 0 atom stereocenters. The van der Waals surface area contributed by atoms with E-state index in [0.29, 0.717) is 5.75 Å². The molecule has 0 radical (unpaired) electrons. The summed E-state index contributed by atoms with van der Waals surface area (Å²) in [4.78, 5) is 0. The molecule has 0 unspecified atom stereocenters. The SMILES string of the molecule is Cc1cc(-c2c(C)cc(O)c(C)c2C)c(C)c(C)c1C. The van der Waals surface area contributed by atoms with Crippen LogP contribution in [0.5, 0.6) is 5.75 Å². The number of benzene rings is 2. The molecule has 0 bridgehead atoms. The monoisotopic (exact) mass is 268 g/mol. The van der Waals surface area contributed by atoms with Gasteiger partial charge >= 0.3 is 0 Å². The van der Waals surface area contributed by atoms with Crippen molar-refractivity contribution in [3.63, 3.8) is 0 Å². The molecule has 0 heterocycles. The van der Waals surface area contributed by atoms with Gasteiger partial charge in [-0.1, -0.05) is 6.07 Å². The molecular weight excluding hydrogens is 244 g/mol. The second kappa shape index (κ2) is 4.97. The quantitative estimate of drug-likeness (QED) is 0.752. The normalized spacial score (nSPS) is 10.9. The van der Waals surface area contributed by atoms with Crippen molar-refractivity contribution >= 4 is 0 Å². The zero-order chi connectivity index (χ0) is 15.2. The smallest absolute Gasteiger partial charge is 0.119 e. The Morgan fingerprint density at radius 1 is 0.600 bits per heavy atom. The highest BCUT2D eigenvalue weighted by atomic mass is 16.3. The van der Waals surface area contributed by atoms with E-state index in [9.17, 15) is 5.11 Å². The van der Waals surface area contributed by atoms with Crippen LogP contribution in [0.25, 0.3) is 11.1 Å². The maximum Gasteiger partial charge on any atom is 0.119 e. The standard InChI is InChI=1S/C19H24O/c1-10-8-17(14(5)13(4)12(10)3)19-11(2)9-18(20)15(6)16(19)7/h8-9,20H,1-7H3. The van der Waals surface area contributed by atoms with E-state index in [1.165, 1.54) is 38.9 Å². The third kappa shape index (κ3) is 2.11. The van der Waals surface area contributed by atoms with Crippen molar-refractivity contribution in [1.29, 1.82) is 0 Å². The van der Waals surface area contributed by atoms with Crippen molar-refractivity contribution in [3.8, 4) is 16.9 Å². The summed E-state index contributed by atoms with van der Waals surface area (Å²) in [5, 5.41) is 9.97. The molecule has 0 aromatic heterocycles. The van der Waals surface area contributed by atoms with Gasteiger partial charge in [0.05, 0.1) is 0 Å². The van der Waals surface area contributed by atoms with E-state index in [2.05, 4.69) is 47.6 Å². The molecule has 2 aromatic carbocycles. The van der Waals surface area contributed by atoms with Gasteiger partial charge in [-0.2, -0.15) is 0 Å². The van der Waals surface area contributed by atoms with Gasteiger partial charge in [-0.25, -0.2) is 0 Å². The van der Waals surface area contributed by atoms with Gasteiger partial charge in [-0.3, -0.25) is 0 Å². The predicted molar refractivity (Wildman–Crippen MR) is 86.7 cm³/mol. The molecule has 1 heteroatoms. The van der Waals surface area contributed by atoms with Crippen molar-refractivity contribution in [2.24, 2.45) is 0 Å². The van der Waals surface area contributed by atoms with E-state index in [1.807, 2.05) is 13.0 Å². The van der Waals surface area contributed by atoms with Gasteiger partial charge in [0.25, 0.3) is 0 Å². The lowest BCUT2D eigenvalue weighted by Crippen LogP contribution is -1.99. The summed E-state index contributed by atoms with van der Waals surface area (Å²) in [5.41, 5.74) is 11.2. The van der Waals surface area contributed by atoms with Gasteiger partial charge in [-0.05, 0) is 105 Å². The molecule has 0 amide bonds. The second-order valence-electron chi connectivity index (χ2n) is 5.95. The Morgan fingerprint density at radius 2 is 1.20 bits per heavy atom. The van der Waals surface area contributed by atoms with Gasteiger partial charge in [0.15, 0.2) is 0 Å². The lowest BCUT2D eigenvalue weighted by atomic mass is 9.86. The van der Waals surface area contributed by atoms with Crippen LogP contribution in [0.1, 0.15) is 38.9 Å². The number of rotatable bonds is 1. The Balaban J connectivity index is 2.86. The van der Waals surface area contributed by atoms with Crippen LogP contribution >= 0.6 is 0 Å². The molecule has 0 spiro atoms. The Labute approximate surface area is 122 Å². The van der Waals surface area contributed by atoms with Crippen LogP contribution in [-0.4, -0.2) is 5.11 Å². The number of phenols is 1. The van der Waals surface area contributed by atoms with Gasteiger partial charge in [0.2, 0.25) is 0 Å². The molecule has 2 aromatic rings. The van der Waals surface area contributed by atoms with Crippen molar-refractivity contribution in [2.75, 3.05) is 0 Å². The maximum absolute atomic E-state index is 9.97. The largest absolute Gasteiger partial charge is 0.508 e. The first-order chi connectivity index (χ1) is 9.25. The van der Waals surface area contributed by atoms with E-state index in [1.54, 1.807) is 0 Å². The first-order valence-corrected chi connectivity index (χ1v) is 7.13. The highest BCUT2D eigenvalue weighted by molar-refractivity contribution is 5.78. The van der Waals surface area contributed by atoms with E-state index < -0.39 is 0 Å². The predicted octanol–water partition coefficient (Wildman–Crippen LogP) is 5.22. The summed E-state index contributed by atoms with van der Waals surface area (Å²) < 4.78 is 0. The Bertz CT molecular complexity index is 694. The van der Waals surface area contributed by atoms with E-state index in [-0.39, 0.29) is 0 Å². The number of phenolic OH excluding ortho intramolecular Hbond substituents is 1. The topological polar surface area (TPSA) is 20.2 Å². The van der Waals surface area contributed by atoms with Gasteiger partial charge in [0.1, 0.15) is 5.75 Å². The minimum absolute atomic E-state index is 0.391. The number of aryl methyl sites for hydroxylation is 2. The molecule has 1 nitrogen and oxygen atoms in total. The fraction of sp³-hybridized carbons (Fsp3) is 0.368. The lowest BCUT2D eigenvalue weighted by Gasteiger charge is -2.19. The summed E-state index contributed by atoms with van der Waals surface area (Å²) >= 11 is 0. The average molecular weight is 268 g/mol. The summed E-state index contributed by atoms with van der Waals surface area (Å²) in [7, 11) is 0. The minimum atomic E-state index is 0.391. The second-order valence-corrected chi connectivity index (χ2v) is 5.95. The van der Waals surface area contributed by atoms with Crippen molar-refractivity contribution < 1.29 is 5.11 Å². The third-order valence-electron chi connectivity index (χ3n) is 4.82. The van der Waals surface area contributed by atoms with E-state index in [4.69, 9.17) is 0 Å². The van der Waals surface area contributed by atoms with Gasteiger partial charge in [-0.15, -0.1) is 0 Å². The summed E-state index contributed by atoms with van der Waals surface area (Å²) in [6, 6.07) is 4.16. The van der Waals surface area contributed by atoms with Gasteiger partial charge in [0, 0.05) is 0 Å². The minimum Gasteiger partial charge on any atom is -0.508 e. The zero-order valence-corrected chi connectivity index (χ0v) is 13.6. The van der Waals surface area contributed by atoms with Crippen LogP contribution in [0.2, 0.25) is 0 Å². The molecule has 0 saturated carbocycles. The molecule has 0 aliphatic carbocycles. The highest BCUT2D eigenvalue weighted by Crippen LogP contribution is 2.37. The molecule has 20 heavy (non-hydrogen) atoms. The van der Waals surface area contributed by atoms with E-state index >= 15 is 0 Å². The van der Waals surface area contributed by atoms with Crippen LogP contribution < -0.4 is 0 Å². The van der Waals surface area contributed by atoms with Crippen LogP contribution in [0.4, 0.5) is 0 Å². The summed E-state index contributed by atoms with van der Waals surface area (Å²) in [6.45, 7) is 14.9. The Morgan fingerprint density at radius 3 is 1.80 bits per heavy atom. The lowest BCUT2D eigenvalue weighted by molar-refractivity contribution is 0.470. The Kier molecular flexibility index (Phi) is 3.64. The fourth-order valence-corrected chi connectivity index (χ4v) is 2.95. The van der Waals surface area contributed by atoms with Gasteiger partial charge < -0.3 is 5.11 Å². The van der Waals surface area contributed by atoms with Crippen LogP contribution in [0.3, 0.4) is 0 Å². The van der Waals surface area contributed by atoms with Crippen LogP contribution in [0, 0.1) is 48.5 Å². The first kappa shape index (κ1) is 14.6.